The van der Waals surface area contributed by atoms with Crippen molar-refractivity contribution in [1.29, 1.82) is 0 Å². The third kappa shape index (κ3) is 2.43. The standard InChI is InChI=1S/C21H16ClN/c1-14-12-17-19(13-18(14)22)23-21(16-10-6-3-7-11-16)20(17)15-8-4-2-5-9-15/h2-13,23H,1H3. The van der Waals surface area contributed by atoms with Gasteiger partial charge in [-0.1, -0.05) is 72.3 Å². The van der Waals surface area contributed by atoms with Crippen LogP contribution in [-0.4, -0.2) is 4.98 Å². The largest absolute Gasteiger partial charge is 0.354 e. The fraction of sp³-hybridized carbons (Fsp3) is 0.0476. The van der Waals surface area contributed by atoms with Crippen LogP contribution in [0.2, 0.25) is 5.02 Å². The molecule has 0 atom stereocenters. The molecule has 0 aliphatic rings. The average molecular weight is 318 g/mol. The first kappa shape index (κ1) is 14.1. The average Bonchev–Trinajstić information content (AvgIpc) is 2.95. The van der Waals surface area contributed by atoms with Crippen molar-refractivity contribution in [1.82, 2.24) is 4.98 Å². The Morgan fingerprint density at radius 1 is 0.783 bits per heavy atom. The van der Waals surface area contributed by atoms with E-state index in [1.807, 2.05) is 25.1 Å². The number of nitrogens with one attached hydrogen (secondary N) is 1. The van der Waals surface area contributed by atoms with Gasteiger partial charge in [-0.05, 0) is 35.7 Å². The quantitative estimate of drug-likeness (QED) is 0.436. The molecule has 0 saturated heterocycles. The predicted molar refractivity (Wildman–Crippen MR) is 98.9 cm³/mol. The van der Waals surface area contributed by atoms with Gasteiger partial charge in [-0.25, -0.2) is 0 Å². The lowest BCUT2D eigenvalue weighted by Crippen LogP contribution is -1.82. The molecule has 1 aromatic heterocycles. The van der Waals surface area contributed by atoms with Crippen molar-refractivity contribution in [2.24, 2.45) is 0 Å². The molecule has 1 N–H and O–H groups in total. The summed E-state index contributed by atoms with van der Waals surface area (Å²) in [4.78, 5) is 3.56. The number of hydrogen-bond acceptors (Lipinski definition) is 0. The molecule has 4 rings (SSSR count). The Balaban J connectivity index is 2.09. The van der Waals surface area contributed by atoms with Crippen molar-refractivity contribution in [3.63, 3.8) is 0 Å². The SMILES string of the molecule is Cc1cc2c(-c3ccccc3)c(-c3ccccc3)[nH]c2cc1Cl. The second kappa shape index (κ2) is 5.60. The van der Waals surface area contributed by atoms with Gasteiger partial charge in [0.15, 0.2) is 0 Å². The van der Waals surface area contributed by atoms with E-state index in [1.54, 1.807) is 0 Å². The van der Waals surface area contributed by atoms with Crippen molar-refractivity contribution in [2.45, 2.75) is 6.92 Å². The first-order valence-electron chi connectivity index (χ1n) is 7.67. The molecule has 3 aromatic carbocycles. The fourth-order valence-corrected chi connectivity index (χ4v) is 3.21. The van der Waals surface area contributed by atoms with Crippen LogP contribution in [0.15, 0.2) is 72.8 Å². The van der Waals surface area contributed by atoms with Crippen LogP contribution < -0.4 is 0 Å². The zero-order valence-electron chi connectivity index (χ0n) is 12.8. The molecule has 1 nitrogen and oxygen atoms in total. The lowest BCUT2D eigenvalue weighted by Gasteiger charge is -2.06. The third-order valence-electron chi connectivity index (χ3n) is 4.20. The molecule has 0 radical (unpaired) electrons. The molecule has 0 amide bonds. The van der Waals surface area contributed by atoms with Gasteiger partial charge < -0.3 is 4.98 Å². The maximum Gasteiger partial charge on any atom is 0.0544 e. The summed E-state index contributed by atoms with van der Waals surface area (Å²) in [5, 5.41) is 2.00. The predicted octanol–water partition coefficient (Wildman–Crippen LogP) is 6.46. The summed E-state index contributed by atoms with van der Waals surface area (Å²) in [6.45, 7) is 2.05. The molecule has 0 saturated carbocycles. The second-order valence-electron chi connectivity index (χ2n) is 5.75. The highest BCUT2D eigenvalue weighted by atomic mass is 35.5. The molecule has 23 heavy (non-hydrogen) atoms. The van der Waals surface area contributed by atoms with Crippen molar-refractivity contribution < 1.29 is 0 Å². The lowest BCUT2D eigenvalue weighted by atomic mass is 9.98. The molecular weight excluding hydrogens is 302 g/mol. The monoisotopic (exact) mass is 317 g/mol. The van der Waals surface area contributed by atoms with Gasteiger partial charge in [0.25, 0.3) is 0 Å². The van der Waals surface area contributed by atoms with Gasteiger partial charge in [0.2, 0.25) is 0 Å². The van der Waals surface area contributed by atoms with Crippen molar-refractivity contribution >= 4 is 22.5 Å². The van der Waals surface area contributed by atoms with E-state index in [2.05, 4.69) is 59.6 Å². The summed E-state index contributed by atoms with van der Waals surface area (Å²) in [6, 6.07) is 25.1. The summed E-state index contributed by atoms with van der Waals surface area (Å²) in [7, 11) is 0. The smallest absolute Gasteiger partial charge is 0.0544 e. The number of halogens is 1. The highest BCUT2D eigenvalue weighted by molar-refractivity contribution is 6.32. The van der Waals surface area contributed by atoms with Crippen LogP contribution >= 0.6 is 11.6 Å². The van der Waals surface area contributed by atoms with Crippen LogP contribution in [0.4, 0.5) is 0 Å². The van der Waals surface area contributed by atoms with Crippen LogP contribution in [0.5, 0.6) is 0 Å². The maximum absolute atomic E-state index is 6.32. The van der Waals surface area contributed by atoms with E-state index in [0.717, 1.165) is 21.8 Å². The number of rotatable bonds is 2. The number of hydrogen-bond donors (Lipinski definition) is 1. The maximum atomic E-state index is 6.32. The normalized spacial score (nSPS) is 11.0. The zero-order chi connectivity index (χ0) is 15.8. The summed E-state index contributed by atoms with van der Waals surface area (Å²) >= 11 is 6.32. The number of benzene rings is 3. The molecule has 0 bridgehead atoms. The molecule has 0 unspecified atom stereocenters. The second-order valence-corrected chi connectivity index (χ2v) is 6.16. The van der Waals surface area contributed by atoms with Gasteiger partial charge in [-0.2, -0.15) is 0 Å². The number of aryl methyl sites for hydroxylation is 1. The minimum atomic E-state index is 0.790. The van der Waals surface area contributed by atoms with Crippen LogP contribution in [0.3, 0.4) is 0 Å². The van der Waals surface area contributed by atoms with Crippen LogP contribution in [0.25, 0.3) is 33.3 Å². The summed E-state index contributed by atoms with van der Waals surface area (Å²) in [5.41, 5.74) is 6.91. The Hall–Kier alpha value is -2.51. The number of aromatic amines is 1. The van der Waals surface area contributed by atoms with Gasteiger partial charge in [0.1, 0.15) is 0 Å². The molecule has 0 spiro atoms. The van der Waals surface area contributed by atoms with E-state index in [0.29, 0.717) is 0 Å². The van der Waals surface area contributed by atoms with E-state index in [-0.39, 0.29) is 0 Å². The Kier molecular flexibility index (Phi) is 3.44. The topological polar surface area (TPSA) is 15.8 Å². The minimum absolute atomic E-state index is 0.790. The minimum Gasteiger partial charge on any atom is -0.354 e. The molecule has 112 valence electrons. The van der Waals surface area contributed by atoms with Crippen molar-refractivity contribution in [3.05, 3.63) is 83.4 Å². The summed E-state index contributed by atoms with van der Waals surface area (Å²) < 4.78 is 0. The Morgan fingerprint density at radius 2 is 1.39 bits per heavy atom. The van der Waals surface area contributed by atoms with E-state index >= 15 is 0 Å². The van der Waals surface area contributed by atoms with Crippen molar-refractivity contribution in [2.75, 3.05) is 0 Å². The molecule has 2 heteroatoms. The van der Waals surface area contributed by atoms with E-state index in [4.69, 9.17) is 11.6 Å². The van der Waals surface area contributed by atoms with Gasteiger partial charge in [0, 0.05) is 21.5 Å². The van der Waals surface area contributed by atoms with Gasteiger partial charge >= 0.3 is 0 Å². The van der Waals surface area contributed by atoms with Crippen LogP contribution in [0, 0.1) is 6.92 Å². The van der Waals surface area contributed by atoms with Crippen molar-refractivity contribution in [3.8, 4) is 22.4 Å². The van der Waals surface area contributed by atoms with Crippen LogP contribution in [-0.2, 0) is 0 Å². The summed E-state index contributed by atoms with van der Waals surface area (Å²) in [6.07, 6.45) is 0. The number of fused-ring (bicyclic) bond motifs is 1. The van der Waals surface area contributed by atoms with Gasteiger partial charge in [0.05, 0.1) is 5.69 Å². The zero-order valence-corrected chi connectivity index (χ0v) is 13.6. The molecular formula is C21H16ClN. The molecule has 0 aliphatic heterocycles. The first-order valence-corrected chi connectivity index (χ1v) is 8.04. The fourth-order valence-electron chi connectivity index (χ4n) is 3.05. The lowest BCUT2D eigenvalue weighted by molar-refractivity contribution is 1.44. The Bertz CT molecular complexity index is 969. The van der Waals surface area contributed by atoms with Crippen LogP contribution in [0.1, 0.15) is 5.56 Å². The molecule has 1 heterocycles. The highest BCUT2D eigenvalue weighted by Crippen LogP contribution is 2.39. The summed E-state index contributed by atoms with van der Waals surface area (Å²) in [5.74, 6) is 0. The highest BCUT2D eigenvalue weighted by Gasteiger charge is 2.15. The number of H-pyrrole nitrogens is 1. The van der Waals surface area contributed by atoms with Gasteiger partial charge in [-0.15, -0.1) is 0 Å². The molecule has 4 aromatic rings. The van der Waals surface area contributed by atoms with Gasteiger partial charge in [-0.3, -0.25) is 0 Å². The van der Waals surface area contributed by atoms with E-state index in [9.17, 15) is 0 Å². The first-order chi connectivity index (χ1) is 11.2. The molecule has 0 aliphatic carbocycles. The molecule has 0 fully saturated rings. The van der Waals surface area contributed by atoms with E-state index < -0.39 is 0 Å². The Morgan fingerprint density at radius 3 is 2.04 bits per heavy atom. The number of aromatic nitrogens is 1. The van der Waals surface area contributed by atoms with E-state index in [1.165, 1.54) is 22.1 Å². The Labute approximate surface area is 140 Å². The third-order valence-corrected chi connectivity index (χ3v) is 4.61.